The van der Waals surface area contributed by atoms with Gasteiger partial charge < -0.3 is 15.2 Å². The minimum atomic E-state index is -0.848. The number of esters is 1. The third-order valence-corrected chi connectivity index (χ3v) is 4.19. The summed E-state index contributed by atoms with van der Waals surface area (Å²) in [5.74, 6) is -0.322. The fourth-order valence-electron chi connectivity index (χ4n) is 3.04. The van der Waals surface area contributed by atoms with E-state index in [9.17, 15) is 4.79 Å². The van der Waals surface area contributed by atoms with Crippen LogP contribution in [0.25, 0.3) is 0 Å². The van der Waals surface area contributed by atoms with Crippen LogP contribution in [-0.2, 0) is 14.3 Å². The average molecular weight is 270 g/mol. The Kier molecular flexibility index (Phi) is 4.81. The summed E-state index contributed by atoms with van der Waals surface area (Å²) in [5, 5.41) is 0. The highest BCUT2D eigenvalue weighted by Gasteiger charge is 2.33. The summed E-state index contributed by atoms with van der Waals surface area (Å²) in [4.78, 5) is 13.9. The van der Waals surface area contributed by atoms with Crippen LogP contribution in [0, 0.1) is 0 Å². The number of nitrogens with zero attached hydrogens (tertiary/aromatic N) is 1. The average Bonchev–Trinajstić information content (AvgIpc) is 2.73. The summed E-state index contributed by atoms with van der Waals surface area (Å²) < 4.78 is 10.5. The highest BCUT2D eigenvalue weighted by atomic mass is 16.5. The molecule has 0 saturated carbocycles. The number of hydrogen-bond acceptors (Lipinski definition) is 5. The molecule has 0 aromatic heterocycles. The summed E-state index contributed by atoms with van der Waals surface area (Å²) in [6.45, 7) is 4.95. The predicted molar refractivity (Wildman–Crippen MR) is 72.8 cm³/mol. The maximum atomic E-state index is 11.4. The highest BCUT2D eigenvalue weighted by molar-refractivity contribution is 5.79. The van der Waals surface area contributed by atoms with Gasteiger partial charge >= 0.3 is 5.97 Å². The van der Waals surface area contributed by atoms with Gasteiger partial charge in [0.05, 0.1) is 19.3 Å². The fraction of sp³-hybridized carbons (Fsp3) is 0.929. The number of carbonyl (C=O) groups is 1. The molecule has 0 aliphatic carbocycles. The van der Waals surface area contributed by atoms with E-state index in [0.29, 0.717) is 18.6 Å². The van der Waals surface area contributed by atoms with Crippen LogP contribution >= 0.6 is 0 Å². The van der Waals surface area contributed by atoms with E-state index >= 15 is 0 Å². The molecule has 0 radical (unpaired) electrons. The lowest BCUT2D eigenvalue weighted by molar-refractivity contribution is -0.146. The molecule has 19 heavy (non-hydrogen) atoms. The van der Waals surface area contributed by atoms with Crippen molar-refractivity contribution in [1.82, 2.24) is 4.90 Å². The second-order valence-electron chi connectivity index (χ2n) is 6.08. The van der Waals surface area contributed by atoms with E-state index in [4.69, 9.17) is 15.2 Å². The van der Waals surface area contributed by atoms with E-state index in [2.05, 4.69) is 4.90 Å². The Morgan fingerprint density at radius 1 is 1.37 bits per heavy atom. The van der Waals surface area contributed by atoms with Crippen molar-refractivity contribution in [3.8, 4) is 0 Å². The van der Waals surface area contributed by atoms with E-state index in [1.54, 1.807) is 6.92 Å². The number of carbonyl (C=O) groups excluding carboxylic acids is 1. The Hall–Kier alpha value is -0.650. The molecule has 2 N–H and O–H groups in total. The minimum absolute atomic E-state index is 0.322. The van der Waals surface area contributed by atoms with Gasteiger partial charge in [-0.25, -0.2) is 0 Å². The van der Waals surface area contributed by atoms with Crippen molar-refractivity contribution in [1.29, 1.82) is 0 Å². The number of methoxy groups -OCH3 is 1. The van der Waals surface area contributed by atoms with Crippen molar-refractivity contribution in [3.05, 3.63) is 0 Å². The zero-order valence-corrected chi connectivity index (χ0v) is 12.1. The van der Waals surface area contributed by atoms with Gasteiger partial charge in [0.2, 0.25) is 0 Å². The number of morpholine rings is 1. The Labute approximate surface area is 115 Å². The molecular weight excluding hydrogens is 244 g/mol. The van der Waals surface area contributed by atoms with E-state index in [-0.39, 0.29) is 5.97 Å². The molecule has 110 valence electrons. The topological polar surface area (TPSA) is 64.8 Å². The molecule has 2 aliphatic heterocycles. The molecule has 5 nitrogen and oxygen atoms in total. The number of unbranched alkanes of at least 4 members (excludes halogenated alkanes) is 1. The highest BCUT2D eigenvalue weighted by Crippen LogP contribution is 2.26. The third-order valence-electron chi connectivity index (χ3n) is 4.19. The maximum Gasteiger partial charge on any atom is 0.325 e. The summed E-state index contributed by atoms with van der Waals surface area (Å²) >= 11 is 0. The largest absolute Gasteiger partial charge is 0.468 e. The molecule has 0 amide bonds. The molecule has 2 saturated heterocycles. The van der Waals surface area contributed by atoms with Crippen molar-refractivity contribution in [2.24, 2.45) is 5.73 Å². The molecule has 2 rings (SSSR count). The van der Waals surface area contributed by atoms with Crippen LogP contribution in [0.2, 0.25) is 0 Å². The normalized spacial score (nSPS) is 30.1. The van der Waals surface area contributed by atoms with E-state index < -0.39 is 5.54 Å². The Morgan fingerprint density at radius 2 is 2.00 bits per heavy atom. The van der Waals surface area contributed by atoms with Gasteiger partial charge in [-0.2, -0.15) is 0 Å². The van der Waals surface area contributed by atoms with Gasteiger partial charge in [0.1, 0.15) is 5.54 Å². The SMILES string of the molecule is COC(=O)C(C)(N)CCCCN1CC2CCC(C1)O2. The quantitative estimate of drug-likeness (QED) is 0.574. The Bertz CT molecular complexity index is 308. The second kappa shape index (κ2) is 6.20. The van der Waals surface area contributed by atoms with Gasteiger partial charge in [-0.05, 0) is 45.6 Å². The lowest BCUT2D eigenvalue weighted by atomic mass is 9.96. The number of ether oxygens (including phenoxy) is 2. The molecule has 3 atom stereocenters. The van der Waals surface area contributed by atoms with Crippen LogP contribution in [0.15, 0.2) is 0 Å². The first-order valence-corrected chi connectivity index (χ1v) is 7.26. The van der Waals surface area contributed by atoms with Gasteiger partial charge in [-0.3, -0.25) is 9.69 Å². The summed E-state index contributed by atoms with van der Waals surface area (Å²) in [6.07, 6.45) is 6.03. The molecule has 3 unspecified atom stereocenters. The number of likely N-dealkylation sites (tertiary alicyclic amines) is 1. The summed E-state index contributed by atoms with van der Waals surface area (Å²) in [7, 11) is 1.39. The van der Waals surface area contributed by atoms with Gasteiger partial charge in [0, 0.05) is 13.1 Å². The van der Waals surface area contributed by atoms with Gasteiger partial charge in [-0.1, -0.05) is 0 Å². The van der Waals surface area contributed by atoms with Crippen molar-refractivity contribution in [2.75, 3.05) is 26.7 Å². The monoisotopic (exact) mass is 270 g/mol. The Balaban J connectivity index is 1.63. The zero-order valence-electron chi connectivity index (χ0n) is 12.1. The van der Waals surface area contributed by atoms with Crippen LogP contribution < -0.4 is 5.73 Å². The fourth-order valence-corrected chi connectivity index (χ4v) is 3.04. The van der Waals surface area contributed by atoms with E-state index in [1.807, 2.05) is 0 Å². The Morgan fingerprint density at radius 3 is 2.58 bits per heavy atom. The van der Waals surface area contributed by atoms with Crippen molar-refractivity contribution >= 4 is 5.97 Å². The molecule has 2 bridgehead atoms. The van der Waals surface area contributed by atoms with Gasteiger partial charge in [0.25, 0.3) is 0 Å². The third kappa shape index (κ3) is 3.91. The first-order chi connectivity index (χ1) is 9.01. The standard InChI is InChI=1S/C14H26N2O3/c1-14(15,13(17)18-2)7-3-4-8-16-9-11-5-6-12(10-16)19-11/h11-12H,3-10,15H2,1-2H3. The number of fused-ring (bicyclic) bond motifs is 2. The minimum Gasteiger partial charge on any atom is -0.468 e. The molecule has 0 spiro atoms. The van der Waals surface area contributed by atoms with E-state index in [0.717, 1.165) is 32.5 Å². The molecule has 2 aliphatic rings. The van der Waals surface area contributed by atoms with Crippen LogP contribution in [0.1, 0.15) is 39.0 Å². The van der Waals surface area contributed by atoms with Crippen LogP contribution in [0.5, 0.6) is 0 Å². The van der Waals surface area contributed by atoms with Crippen molar-refractivity contribution in [3.63, 3.8) is 0 Å². The zero-order chi connectivity index (χ0) is 13.9. The van der Waals surface area contributed by atoms with Gasteiger partial charge in [0.15, 0.2) is 0 Å². The molecular formula is C14H26N2O3. The maximum absolute atomic E-state index is 11.4. The lowest BCUT2D eigenvalue weighted by Gasteiger charge is -2.32. The first kappa shape index (κ1) is 14.8. The smallest absolute Gasteiger partial charge is 0.325 e. The second-order valence-corrected chi connectivity index (χ2v) is 6.08. The van der Waals surface area contributed by atoms with Gasteiger partial charge in [-0.15, -0.1) is 0 Å². The number of nitrogens with two attached hydrogens (primary N) is 1. The first-order valence-electron chi connectivity index (χ1n) is 7.26. The molecule has 5 heteroatoms. The lowest BCUT2D eigenvalue weighted by Crippen LogP contribution is -2.46. The molecule has 2 fully saturated rings. The van der Waals surface area contributed by atoms with Crippen LogP contribution in [0.3, 0.4) is 0 Å². The predicted octanol–water partition coefficient (Wildman–Crippen LogP) is 0.910. The summed E-state index contributed by atoms with van der Waals surface area (Å²) in [6, 6.07) is 0. The van der Waals surface area contributed by atoms with Crippen LogP contribution in [-0.4, -0.2) is 55.4 Å². The van der Waals surface area contributed by atoms with Crippen molar-refractivity contribution in [2.45, 2.75) is 56.8 Å². The van der Waals surface area contributed by atoms with Crippen molar-refractivity contribution < 1.29 is 14.3 Å². The molecule has 0 aromatic carbocycles. The van der Waals surface area contributed by atoms with E-state index in [1.165, 1.54) is 20.0 Å². The number of hydrogen-bond donors (Lipinski definition) is 1. The summed E-state index contributed by atoms with van der Waals surface area (Å²) in [5.41, 5.74) is 5.09. The number of rotatable bonds is 6. The van der Waals surface area contributed by atoms with Crippen LogP contribution in [0.4, 0.5) is 0 Å². The molecule has 2 heterocycles. The molecule has 0 aromatic rings.